The van der Waals surface area contributed by atoms with E-state index in [-0.39, 0.29) is 22.9 Å². The average molecular weight is 402 g/mol. The molecule has 164 valence electrons. The summed E-state index contributed by atoms with van der Waals surface area (Å²) in [6.45, 7) is 10.8. The summed E-state index contributed by atoms with van der Waals surface area (Å²) in [7, 11) is 0. The summed E-state index contributed by atoms with van der Waals surface area (Å²) in [5.41, 5.74) is 0.583. The number of hydrogen-bond acceptors (Lipinski definition) is 3. The van der Waals surface area contributed by atoms with Gasteiger partial charge < -0.3 is 10.0 Å². The Hall–Kier alpha value is -0.410. The van der Waals surface area contributed by atoms with Crippen molar-refractivity contribution in [1.29, 1.82) is 0 Å². The van der Waals surface area contributed by atoms with E-state index < -0.39 is 0 Å². The molecule has 8 atom stereocenters. The molecule has 4 aliphatic carbocycles. The summed E-state index contributed by atoms with van der Waals surface area (Å²) >= 11 is 0. The summed E-state index contributed by atoms with van der Waals surface area (Å²) in [6.07, 6.45) is 13.1. The molecule has 5 aliphatic rings. The van der Waals surface area contributed by atoms with Crippen LogP contribution >= 0.6 is 0 Å². The number of nitrogens with zero attached hydrogens (tertiary/aromatic N) is 1. The van der Waals surface area contributed by atoms with Crippen molar-refractivity contribution in [3.05, 3.63) is 0 Å². The quantitative estimate of drug-likeness (QED) is 0.703. The molecular formula is C26H43NO2. The standard InChI is InChI=1S/C26H43NO2/c1-24-10-8-20-21(26(24,3)12-7-19(28)16-24)9-11-25(2)22(20)15-18(23(25)29)17-27-13-5-4-6-14-27/h18-22,28H,4-17H2,1-3H3/t18?,19?,20?,21?,22?,24-,25?,26?/m0/s1. The van der Waals surface area contributed by atoms with Gasteiger partial charge in [-0.1, -0.05) is 27.2 Å². The summed E-state index contributed by atoms with van der Waals surface area (Å²) < 4.78 is 0. The molecule has 0 radical (unpaired) electrons. The minimum atomic E-state index is -0.0968. The predicted octanol–water partition coefficient (Wildman–Crippen LogP) is 5.06. The molecule has 7 unspecified atom stereocenters. The first-order valence-corrected chi connectivity index (χ1v) is 12.7. The predicted molar refractivity (Wildman–Crippen MR) is 117 cm³/mol. The zero-order chi connectivity index (χ0) is 20.4. The van der Waals surface area contributed by atoms with E-state index in [1.165, 1.54) is 58.0 Å². The molecule has 4 saturated carbocycles. The van der Waals surface area contributed by atoms with Gasteiger partial charge in [-0.3, -0.25) is 4.79 Å². The third kappa shape index (κ3) is 3.00. The first-order chi connectivity index (χ1) is 13.8. The molecule has 1 heterocycles. The number of rotatable bonds is 2. The van der Waals surface area contributed by atoms with Crippen molar-refractivity contribution in [2.75, 3.05) is 19.6 Å². The lowest BCUT2D eigenvalue weighted by molar-refractivity contribution is -0.169. The molecule has 0 aromatic carbocycles. The normalized spacial score (nSPS) is 53.2. The SMILES string of the molecule is CC12CCC3C(CC[C@@]4(C)CC(O)CCC34C)C1CC(CN1CCCCC1)C2=O. The largest absolute Gasteiger partial charge is 0.393 e. The monoisotopic (exact) mass is 401 g/mol. The fourth-order valence-corrected chi connectivity index (χ4v) is 9.16. The molecule has 0 spiro atoms. The van der Waals surface area contributed by atoms with Crippen LogP contribution in [-0.4, -0.2) is 41.5 Å². The smallest absolute Gasteiger partial charge is 0.143 e. The third-order valence-electron chi connectivity index (χ3n) is 11.1. The average Bonchev–Trinajstić information content (AvgIpc) is 2.95. The lowest BCUT2D eigenvalue weighted by atomic mass is 9.40. The van der Waals surface area contributed by atoms with E-state index in [0.29, 0.717) is 17.1 Å². The van der Waals surface area contributed by atoms with Crippen molar-refractivity contribution >= 4 is 5.78 Å². The van der Waals surface area contributed by atoms with Gasteiger partial charge in [0.1, 0.15) is 5.78 Å². The van der Waals surface area contributed by atoms with Gasteiger partial charge in [0.2, 0.25) is 0 Å². The Morgan fingerprint density at radius 1 is 0.966 bits per heavy atom. The second kappa shape index (κ2) is 7.05. The van der Waals surface area contributed by atoms with Crippen LogP contribution < -0.4 is 0 Å². The van der Waals surface area contributed by atoms with Crippen LogP contribution in [0.1, 0.15) is 91.4 Å². The first-order valence-electron chi connectivity index (χ1n) is 12.7. The zero-order valence-electron chi connectivity index (χ0n) is 19.1. The fourth-order valence-electron chi connectivity index (χ4n) is 9.16. The number of aliphatic hydroxyl groups is 1. The molecular weight excluding hydrogens is 358 g/mol. The molecule has 1 saturated heterocycles. The van der Waals surface area contributed by atoms with Crippen LogP contribution in [0.25, 0.3) is 0 Å². The van der Waals surface area contributed by atoms with E-state index in [4.69, 9.17) is 0 Å². The van der Waals surface area contributed by atoms with Crippen molar-refractivity contribution in [2.45, 2.75) is 97.5 Å². The van der Waals surface area contributed by atoms with Gasteiger partial charge in [-0.25, -0.2) is 0 Å². The van der Waals surface area contributed by atoms with Gasteiger partial charge in [0.25, 0.3) is 0 Å². The van der Waals surface area contributed by atoms with Gasteiger partial charge in [-0.05, 0) is 106 Å². The maximum Gasteiger partial charge on any atom is 0.143 e. The number of piperidine rings is 1. The Bertz CT molecular complexity index is 657. The van der Waals surface area contributed by atoms with E-state index in [1.807, 2.05) is 0 Å². The fraction of sp³-hybridized carbons (Fsp3) is 0.962. The van der Waals surface area contributed by atoms with Gasteiger partial charge in [0.05, 0.1) is 6.10 Å². The molecule has 1 N–H and O–H groups in total. The van der Waals surface area contributed by atoms with Gasteiger partial charge in [0, 0.05) is 17.9 Å². The highest BCUT2D eigenvalue weighted by atomic mass is 16.3. The van der Waals surface area contributed by atoms with Crippen molar-refractivity contribution < 1.29 is 9.90 Å². The highest BCUT2D eigenvalue weighted by Gasteiger charge is 2.64. The summed E-state index contributed by atoms with van der Waals surface area (Å²) in [4.78, 5) is 16.2. The number of carbonyl (C=O) groups is 1. The van der Waals surface area contributed by atoms with Crippen molar-refractivity contribution in [3.63, 3.8) is 0 Å². The van der Waals surface area contributed by atoms with Gasteiger partial charge in [-0.15, -0.1) is 0 Å². The zero-order valence-corrected chi connectivity index (χ0v) is 19.1. The van der Waals surface area contributed by atoms with Crippen molar-refractivity contribution in [2.24, 2.45) is 39.9 Å². The van der Waals surface area contributed by atoms with Crippen LogP contribution in [0.3, 0.4) is 0 Å². The Kier molecular flexibility index (Phi) is 4.98. The van der Waals surface area contributed by atoms with Crippen molar-refractivity contribution in [3.8, 4) is 0 Å². The maximum absolute atomic E-state index is 13.6. The van der Waals surface area contributed by atoms with Crippen molar-refractivity contribution in [1.82, 2.24) is 4.90 Å². The topological polar surface area (TPSA) is 40.5 Å². The Balaban J connectivity index is 1.37. The number of aliphatic hydroxyl groups excluding tert-OH is 1. The number of hydrogen-bond donors (Lipinski definition) is 1. The first kappa shape index (κ1) is 20.5. The minimum absolute atomic E-state index is 0.0557. The van der Waals surface area contributed by atoms with E-state index >= 15 is 0 Å². The number of ketones is 1. The van der Waals surface area contributed by atoms with Crippen LogP contribution in [0, 0.1) is 39.9 Å². The van der Waals surface area contributed by atoms with Gasteiger partial charge in [-0.2, -0.15) is 0 Å². The van der Waals surface area contributed by atoms with Gasteiger partial charge in [0.15, 0.2) is 0 Å². The minimum Gasteiger partial charge on any atom is -0.393 e. The van der Waals surface area contributed by atoms with Crippen LogP contribution in [0.15, 0.2) is 0 Å². The summed E-state index contributed by atoms with van der Waals surface area (Å²) in [6, 6.07) is 0. The Morgan fingerprint density at radius 2 is 1.72 bits per heavy atom. The number of likely N-dealkylation sites (tertiary alicyclic amines) is 1. The van der Waals surface area contributed by atoms with Crippen LogP contribution in [0.4, 0.5) is 0 Å². The molecule has 0 bridgehead atoms. The van der Waals surface area contributed by atoms with E-state index in [9.17, 15) is 9.90 Å². The molecule has 3 nitrogen and oxygen atoms in total. The van der Waals surface area contributed by atoms with E-state index in [2.05, 4.69) is 25.7 Å². The highest BCUT2D eigenvalue weighted by molar-refractivity contribution is 5.89. The Morgan fingerprint density at radius 3 is 2.48 bits per heavy atom. The Labute approximate surface area is 178 Å². The number of Topliss-reactive ketones (excluding diaryl/α,β-unsaturated/α-hetero) is 1. The van der Waals surface area contributed by atoms with Crippen LogP contribution in [-0.2, 0) is 4.79 Å². The molecule has 3 heteroatoms. The van der Waals surface area contributed by atoms with E-state index in [0.717, 1.165) is 44.1 Å². The third-order valence-corrected chi connectivity index (χ3v) is 11.1. The van der Waals surface area contributed by atoms with Crippen LogP contribution in [0.2, 0.25) is 0 Å². The molecule has 1 aliphatic heterocycles. The molecule has 5 rings (SSSR count). The second-order valence-electron chi connectivity index (χ2n) is 12.4. The molecule has 0 aromatic rings. The molecule has 29 heavy (non-hydrogen) atoms. The lowest BCUT2D eigenvalue weighted by Crippen LogP contribution is -2.58. The number of carbonyl (C=O) groups excluding carboxylic acids is 1. The highest BCUT2D eigenvalue weighted by Crippen LogP contribution is 2.69. The molecule has 0 amide bonds. The lowest BCUT2D eigenvalue weighted by Gasteiger charge is -2.64. The summed E-state index contributed by atoms with van der Waals surface area (Å²) in [5.74, 6) is 3.00. The maximum atomic E-state index is 13.6. The molecule has 5 fully saturated rings. The van der Waals surface area contributed by atoms with E-state index in [1.54, 1.807) is 0 Å². The van der Waals surface area contributed by atoms with Gasteiger partial charge >= 0.3 is 0 Å². The summed E-state index contributed by atoms with van der Waals surface area (Å²) in [5, 5.41) is 10.4. The second-order valence-corrected chi connectivity index (χ2v) is 12.4. The van der Waals surface area contributed by atoms with Crippen LogP contribution in [0.5, 0.6) is 0 Å². The number of fused-ring (bicyclic) bond motifs is 5. The molecule has 0 aromatic heterocycles.